The van der Waals surface area contributed by atoms with Crippen molar-refractivity contribution >= 4 is 5.91 Å². The molecular weight excluding hydrogens is 238 g/mol. The van der Waals surface area contributed by atoms with Crippen molar-refractivity contribution < 1.29 is 4.79 Å². The maximum Gasteiger partial charge on any atom is 0.253 e. The van der Waals surface area contributed by atoms with Gasteiger partial charge in [-0.25, -0.2) is 0 Å². The normalized spacial score (nSPS) is 18.4. The first kappa shape index (κ1) is 12.6. The van der Waals surface area contributed by atoms with Crippen LogP contribution in [0.25, 0.3) is 0 Å². The molecule has 0 bridgehead atoms. The van der Waals surface area contributed by atoms with E-state index in [0.717, 1.165) is 36.2 Å². The summed E-state index contributed by atoms with van der Waals surface area (Å²) in [5.74, 6) is 1.62. The monoisotopic (exact) mass is 259 g/mol. The molecule has 0 unspecified atom stereocenters. The third-order valence-electron chi connectivity index (χ3n) is 3.91. The van der Waals surface area contributed by atoms with Gasteiger partial charge in [-0.05, 0) is 49.7 Å². The van der Waals surface area contributed by atoms with E-state index in [-0.39, 0.29) is 5.91 Å². The second-order valence-electron chi connectivity index (χ2n) is 5.84. The molecule has 0 radical (unpaired) electrons. The largest absolute Gasteiger partial charge is 0.338 e. The molecule has 102 valence electrons. The van der Waals surface area contributed by atoms with Gasteiger partial charge in [-0.15, -0.1) is 0 Å². The molecule has 0 spiro atoms. The molecule has 2 aliphatic rings. The number of carbonyl (C=O) groups is 1. The molecule has 1 amide bonds. The smallest absolute Gasteiger partial charge is 0.253 e. The van der Waals surface area contributed by atoms with Crippen LogP contribution in [0.5, 0.6) is 0 Å². The number of amides is 1. The summed E-state index contributed by atoms with van der Waals surface area (Å²) in [4.78, 5) is 18.8. The Bertz CT molecular complexity index is 452. The molecule has 2 fully saturated rings. The fourth-order valence-electron chi connectivity index (χ4n) is 2.37. The van der Waals surface area contributed by atoms with Crippen LogP contribution in [-0.2, 0) is 6.54 Å². The predicted molar refractivity (Wildman–Crippen MR) is 73.5 cm³/mol. The van der Waals surface area contributed by atoms with Crippen LogP contribution in [0.2, 0.25) is 0 Å². The van der Waals surface area contributed by atoms with Gasteiger partial charge in [0.25, 0.3) is 5.91 Å². The summed E-state index contributed by atoms with van der Waals surface area (Å²) in [6.45, 7) is 2.23. The van der Waals surface area contributed by atoms with Crippen LogP contribution < -0.4 is 5.73 Å². The summed E-state index contributed by atoms with van der Waals surface area (Å²) in [5, 5.41) is 0. The fraction of sp³-hybridized carbons (Fsp3) is 0.600. The van der Waals surface area contributed by atoms with Gasteiger partial charge in [-0.2, -0.15) is 0 Å². The van der Waals surface area contributed by atoms with E-state index in [1.807, 2.05) is 11.0 Å². The second kappa shape index (κ2) is 5.29. The number of pyridine rings is 1. The van der Waals surface area contributed by atoms with Gasteiger partial charge in [0.2, 0.25) is 0 Å². The highest BCUT2D eigenvalue weighted by Gasteiger charge is 2.31. The Labute approximate surface area is 114 Å². The van der Waals surface area contributed by atoms with Crippen LogP contribution in [0.3, 0.4) is 0 Å². The molecule has 2 saturated carbocycles. The van der Waals surface area contributed by atoms with Gasteiger partial charge >= 0.3 is 0 Å². The Hall–Kier alpha value is -1.42. The predicted octanol–water partition coefficient (Wildman–Crippen LogP) is 1.80. The van der Waals surface area contributed by atoms with Crippen molar-refractivity contribution in [3.05, 3.63) is 29.6 Å². The number of rotatable bonds is 6. The molecule has 0 saturated heterocycles. The molecule has 3 rings (SSSR count). The van der Waals surface area contributed by atoms with Crippen LogP contribution >= 0.6 is 0 Å². The quantitative estimate of drug-likeness (QED) is 0.847. The molecule has 1 aromatic rings. The van der Waals surface area contributed by atoms with E-state index in [9.17, 15) is 4.79 Å². The van der Waals surface area contributed by atoms with Crippen molar-refractivity contribution in [3.63, 3.8) is 0 Å². The molecule has 2 N–H and O–H groups in total. The van der Waals surface area contributed by atoms with Crippen molar-refractivity contribution in [2.45, 2.75) is 32.2 Å². The number of hydrogen-bond acceptors (Lipinski definition) is 3. The number of hydrogen-bond donors (Lipinski definition) is 1. The zero-order valence-electron chi connectivity index (χ0n) is 11.2. The second-order valence-corrected chi connectivity index (χ2v) is 5.84. The van der Waals surface area contributed by atoms with E-state index < -0.39 is 0 Å². The maximum absolute atomic E-state index is 12.6. The molecule has 2 aliphatic carbocycles. The van der Waals surface area contributed by atoms with E-state index in [1.54, 1.807) is 12.3 Å². The van der Waals surface area contributed by atoms with Crippen LogP contribution in [0.1, 0.15) is 41.7 Å². The zero-order chi connectivity index (χ0) is 13.2. The Morgan fingerprint density at radius 3 is 2.42 bits per heavy atom. The first-order valence-corrected chi connectivity index (χ1v) is 7.20. The highest BCUT2D eigenvalue weighted by molar-refractivity contribution is 5.94. The molecule has 19 heavy (non-hydrogen) atoms. The van der Waals surface area contributed by atoms with Crippen molar-refractivity contribution in [1.82, 2.24) is 9.88 Å². The average molecular weight is 259 g/mol. The van der Waals surface area contributed by atoms with Crippen LogP contribution in [0.4, 0.5) is 0 Å². The highest BCUT2D eigenvalue weighted by Crippen LogP contribution is 2.34. The molecule has 0 aromatic carbocycles. The number of aromatic nitrogens is 1. The summed E-state index contributed by atoms with van der Waals surface area (Å²) < 4.78 is 0. The van der Waals surface area contributed by atoms with Crippen molar-refractivity contribution in [2.24, 2.45) is 17.6 Å². The Morgan fingerprint density at radius 1 is 1.26 bits per heavy atom. The minimum atomic E-state index is 0.149. The van der Waals surface area contributed by atoms with Crippen LogP contribution in [-0.4, -0.2) is 28.9 Å². The summed E-state index contributed by atoms with van der Waals surface area (Å²) in [6.07, 6.45) is 6.79. The van der Waals surface area contributed by atoms with Gasteiger partial charge in [-0.3, -0.25) is 9.78 Å². The van der Waals surface area contributed by atoms with E-state index >= 15 is 0 Å². The van der Waals surface area contributed by atoms with Gasteiger partial charge < -0.3 is 10.6 Å². The third-order valence-corrected chi connectivity index (χ3v) is 3.91. The van der Waals surface area contributed by atoms with Gasteiger partial charge in [0.1, 0.15) is 0 Å². The fourth-order valence-corrected chi connectivity index (χ4v) is 2.37. The first-order chi connectivity index (χ1) is 9.26. The topological polar surface area (TPSA) is 59.2 Å². The minimum absolute atomic E-state index is 0.149. The van der Waals surface area contributed by atoms with E-state index in [0.29, 0.717) is 6.54 Å². The molecule has 1 heterocycles. The standard InChI is InChI=1S/C15H21N3O/c16-8-14-7-13(5-6-17-14)15(19)18(9-11-1-2-11)10-12-3-4-12/h5-7,11-12H,1-4,8-10,16H2. The highest BCUT2D eigenvalue weighted by atomic mass is 16.2. The van der Waals surface area contributed by atoms with E-state index in [2.05, 4.69) is 4.98 Å². The van der Waals surface area contributed by atoms with Gasteiger partial charge in [0.15, 0.2) is 0 Å². The minimum Gasteiger partial charge on any atom is -0.338 e. The number of carbonyl (C=O) groups excluding carboxylic acids is 1. The lowest BCUT2D eigenvalue weighted by molar-refractivity contribution is 0.0739. The summed E-state index contributed by atoms with van der Waals surface area (Å²) in [7, 11) is 0. The third kappa shape index (κ3) is 3.32. The van der Waals surface area contributed by atoms with E-state index in [1.165, 1.54) is 25.7 Å². The summed E-state index contributed by atoms with van der Waals surface area (Å²) in [5.41, 5.74) is 7.10. The first-order valence-electron chi connectivity index (χ1n) is 7.20. The molecule has 1 aromatic heterocycles. The molecular formula is C15H21N3O. The Kier molecular flexibility index (Phi) is 3.51. The zero-order valence-corrected chi connectivity index (χ0v) is 11.2. The lowest BCUT2D eigenvalue weighted by Crippen LogP contribution is -2.34. The van der Waals surface area contributed by atoms with Crippen LogP contribution in [0.15, 0.2) is 18.3 Å². The van der Waals surface area contributed by atoms with E-state index in [4.69, 9.17) is 5.73 Å². The molecule has 0 aliphatic heterocycles. The average Bonchev–Trinajstić information content (AvgIpc) is 3.32. The Balaban J connectivity index is 1.72. The van der Waals surface area contributed by atoms with Crippen LogP contribution in [0, 0.1) is 11.8 Å². The SMILES string of the molecule is NCc1cc(C(=O)N(CC2CC2)CC2CC2)ccn1. The molecule has 4 nitrogen and oxygen atoms in total. The van der Waals surface area contributed by atoms with Crippen molar-refractivity contribution in [3.8, 4) is 0 Å². The van der Waals surface area contributed by atoms with Gasteiger partial charge in [0, 0.05) is 31.4 Å². The van der Waals surface area contributed by atoms with Gasteiger partial charge in [0.05, 0.1) is 5.69 Å². The maximum atomic E-state index is 12.6. The van der Waals surface area contributed by atoms with Crippen molar-refractivity contribution in [2.75, 3.05) is 13.1 Å². The molecule has 0 atom stereocenters. The summed E-state index contributed by atoms with van der Waals surface area (Å²) >= 11 is 0. The van der Waals surface area contributed by atoms with Crippen molar-refractivity contribution in [1.29, 1.82) is 0 Å². The Morgan fingerprint density at radius 2 is 1.89 bits per heavy atom. The lowest BCUT2D eigenvalue weighted by atomic mass is 10.2. The number of nitrogens with two attached hydrogens (primary N) is 1. The molecule has 4 heteroatoms. The van der Waals surface area contributed by atoms with Gasteiger partial charge in [-0.1, -0.05) is 0 Å². The lowest BCUT2D eigenvalue weighted by Gasteiger charge is -2.22. The number of nitrogens with zero attached hydrogens (tertiary/aromatic N) is 2. The summed E-state index contributed by atoms with van der Waals surface area (Å²) in [6, 6.07) is 3.63.